The molecule has 0 unspecified atom stereocenters. The van der Waals surface area contributed by atoms with Gasteiger partial charge in [-0.2, -0.15) is 9.97 Å². The van der Waals surface area contributed by atoms with Gasteiger partial charge in [0.2, 0.25) is 5.95 Å². The number of carbonyl (C=O) groups excluding carboxylic acids is 1. The summed E-state index contributed by atoms with van der Waals surface area (Å²) in [6.45, 7) is 3.05. The minimum atomic E-state index is -4.49. The maximum absolute atomic E-state index is 12.6. The lowest BCUT2D eigenvalue weighted by Gasteiger charge is -2.12. The maximum Gasteiger partial charge on any atom is 0.335 e. The fourth-order valence-corrected chi connectivity index (χ4v) is 5.18. The molecule has 0 aliphatic carbocycles. The minimum Gasteiger partial charge on any atom is -0.384 e. The zero-order valence-corrected chi connectivity index (χ0v) is 17.0. The number of ether oxygens (including phenoxy) is 1. The summed E-state index contributed by atoms with van der Waals surface area (Å²) >= 11 is 0. The predicted molar refractivity (Wildman–Crippen MR) is 99.0 cm³/mol. The summed E-state index contributed by atoms with van der Waals surface area (Å²) in [6, 6.07) is 3.83. The molecule has 152 valence electrons. The molecule has 1 aromatic heterocycles. The molecule has 13 heteroatoms. The summed E-state index contributed by atoms with van der Waals surface area (Å²) in [7, 11) is -7.11. The number of amides is 2. The van der Waals surface area contributed by atoms with Crippen LogP contribution in [0.15, 0.2) is 34.1 Å². The second-order valence-electron chi connectivity index (χ2n) is 5.57. The van der Waals surface area contributed by atoms with E-state index in [1.807, 2.05) is 0 Å². The molecule has 2 rings (SSSR count). The second-order valence-corrected chi connectivity index (χ2v) is 9.30. The Labute approximate surface area is 162 Å². The Bertz CT molecular complexity index is 1070. The highest BCUT2D eigenvalue weighted by Crippen LogP contribution is 2.21. The number of carbonyl (C=O) groups is 1. The topological polar surface area (TPSA) is 157 Å². The summed E-state index contributed by atoms with van der Waals surface area (Å²) in [6.07, 6.45) is 0. The highest BCUT2D eigenvalue weighted by atomic mass is 32.2. The van der Waals surface area contributed by atoms with Gasteiger partial charge in [0.15, 0.2) is 9.84 Å². The molecular weight excluding hydrogens is 410 g/mol. The number of anilines is 1. The van der Waals surface area contributed by atoms with Crippen LogP contribution in [-0.4, -0.2) is 57.3 Å². The van der Waals surface area contributed by atoms with Crippen LogP contribution in [0.25, 0.3) is 0 Å². The Morgan fingerprint density at radius 3 is 2.14 bits per heavy atom. The van der Waals surface area contributed by atoms with E-state index in [1.54, 1.807) is 18.6 Å². The monoisotopic (exact) mass is 429 g/mol. The average Bonchev–Trinajstić information content (AvgIpc) is 2.58. The van der Waals surface area contributed by atoms with Crippen LogP contribution < -0.4 is 10.0 Å². The van der Waals surface area contributed by atoms with Crippen LogP contribution in [0.1, 0.15) is 11.6 Å². The molecule has 0 spiro atoms. The molecule has 1 aromatic carbocycles. The van der Waals surface area contributed by atoms with Crippen molar-refractivity contribution in [1.29, 1.82) is 0 Å². The van der Waals surface area contributed by atoms with Crippen molar-refractivity contribution in [1.82, 2.24) is 19.7 Å². The normalized spacial score (nSPS) is 11.8. The number of nitrogens with zero attached hydrogens (tertiary/aromatic N) is 3. The van der Waals surface area contributed by atoms with Crippen LogP contribution >= 0.6 is 0 Å². The van der Waals surface area contributed by atoms with Crippen molar-refractivity contribution >= 4 is 31.8 Å². The summed E-state index contributed by atoms with van der Waals surface area (Å²) in [5, 5.41) is 2.18. The first-order valence-corrected chi connectivity index (χ1v) is 11.0. The number of hydrogen-bond donors (Lipinski definition) is 2. The van der Waals surface area contributed by atoms with Gasteiger partial charge in [0.25, 0.3) is 10.0 Å². The molecule has 1 heterocycles. The molecule has 28 heavy (non-hydrogen) atoms. The van der Waals surface area contributed by atoms with E-state index in [1.165, 1.54) is 19.2 Å². The van der Waals surface area contributed by atoms with Crippen LogP contribution in [0.3, 0.4) is 0 Å². The zero-order chi connectivity index (χ0) is 20.9. The second kappa shape index (κ2) is 8.58. The van der Waals surface area contributed by atoms with Gasteiger partial charge in [-0.1, -0.05) is 12.1 Å². The van der Waals surface area contributed by atoms with Crippen molar-refractivity contribution in [2.75, 3.05) is 24.8 Å². The standard InChI is InChI=1S/C15H19N5O6S2/c1-10-16-11(2)18-14(17-10)19-15(21)20-28(24,25)13-7-5-4-6-12(13)27(22,23)9-8-26-3/h4-7H,8-9H2,1-3H3,(H2,16,17,18,19,20,21). The largest absolute Gasteiger partial charge is 0.384 e. The number of methoxy groups -OCH3 is 1. The van der Waals surface area contributed by atoms with Crippen LogP contribution in [-0.2, 0) is 24.6 Å². The molecule has 0 bridgehead atoms. The van der Waals surface area contributed by atoms with Crippen LogP contribution in [0.2, 0.25) is 0 Å². The van der Waals surface area contributed by atoms with Gasteiger partial charge in [0.05, 0.1) is 17.3 Å². The van der Waals surface area contributed by atoms with E-state index in [4.69, 9.17) is 4.74 Å². The lowest BCUT2D eigenvalue weighted by Crippen LogP contribution is -2.35. The molecule has 0 aliphatic rings. The molecule has 2 N–H and O–H groups in total. The highest BCUT2D eigenvalue weighted by Gasteiger charge is 2.27. The highest BCUT2D eigenvalue weighted by molar-refractivity contribution is 7.94. The Morgan fingerprint density at radius 1 is 1.00 bits per heavy atom. The molecule has 0 aliphatic heterocycles. The lowest BCUT2D eigenvalue weighted by molar-refractivity contribution is 0.217. The molecule has 0 atom stereocenters. The van der Waals surface area contributed by atoms with Crippen LogP contribution in [0.4, 0.5) is 10.7 Å². The summed E-state index contributed by atoms with van der Waals surface area (Å²) in [5.74, 6) is 0.116. The third-order valence-electron chi connectivity index (χ3n) is 3.34. The fraction of sp³-hybridized carbons (Fsp3) is 0.333. The van der Waals surface area contributed by atoms with Gasteiger partial charge in [-0.05, 0) is 26.0 Å². The summed E-state index contributed by atoms with van der Waals surface area (Å²) < 4.78 is 56.5. The SMILES string of the molecule is COCCS(=O)(=O)c1ccccc1S(=O)(=O)NC(=O)Nc1nc(C)nc(C)n1. The third-order valence-corrected chi connectivity index (χ3v) is 6.59. The number of urea groups is 1. The van der Waals surface area contributed by atoms with Gasteiger partial charge in [-0.25, -0.2) is 31.3 Å². The predicted octanol–water partition coefficient (Wildman–Crippen LogP) is 0.419. The van der Waals surface area contributed by atoms with Crippen molar-refractivity contribution in [2.24, 2.45) is 0 Å². The van der Waals surface area contributed by atoms with Gasteiger partial charge >= 0.3 is 6.03 Å². The first-order valence-electron chi connectivity index (χ1n) is 7.89. The van der Waals surface area contributed by atoms with E-state index < -0.39 is 41.4 Å². The number of aromatic nitrogens is 3. The number of nitrogens with one attached hydrogen (secondary N) is 2. The number of hydrogen-bond acceptors (Lipinski definition) is 9. The molecule has 0 fully saturated rings. The molecule has 0 saturated carbocycles. The molecule has 11 nitrogen and oxygen atoms in total. The van der Waals surface area contributed by atoms with Gasteiger partial charge in [0, 0.05) is 7.11 Å². The van der Waals surface area contributed by atoms with Crippen molar-refractivity contribution < 1.29 is 26.4 Å². The number of rotatable bonds is 7. The van der Waals surface area contributed by atoms with Crippen LogP contribution in [0.5, 0.6) is 0 Å². The van der Waals surface area contributed by atoms with E-state index in [0.29, 0.717) is 11.6 Å². The number of sulfone groups is 1. The molecule has 2 aromatic rings. The molecule has 2 amide bonds. The Kier molecular flexibility index (Phi) is 6.64. The Hall–Kier alpha value is -2.64. The van der Waals surface area contributed by atoms with E-state index in [-0.39, 0.29) is 12.6 Å². The fourth-order valence-electron chi connectivity index (χ4n) is 2.21. The van der Waals surface area contributed by atoms with Crippen molar-refractivity contribution in [3.8, 4) is 0 Å². The number of benzene rings is 1. The number of aryl methyl sites for hydroxylation is 2. The lowest BCUT2D eigenvalue weighted by atomic mass is 10.4. The quantitative estimate of drug-likeness (QED) is 0.636. The molecule has 0 saturated heterocycles. The average molecular weight is 429 g/mol. The van der Waals surface area contributed by atoms with Gasteiger partial charge in [0.1, 0.15) is 16.5 Å². The molecular formula is C15H19N5O6S2. The van der Waals surface area contributed by atoms with E-state index in [9.17, 15) is 21.6 Å². The van der Waals surface area contributed by atoms with E-state index >= 15 is 0 Å². The van der Waals surface area contributed by atoms with Crippen molar-refractivity contribution in [3.05, 3.63) is 35.9 Å². The van der Waals surface area contributed by atoms with Crippen molar-refractivity contribution in [2.45, 2.75) is 23.6 Å². The Morgan fingerprint density at radius 2 is 1.57 bits per heavy atom. The van der Waals surface area contributed by atoms with Crippen LogP contribution in [0, 0.1) is 13.8 Å². The molecule has 0 radical (unpaired) electrons. The van der Waals surface area contributed by atoms with Gasteiger partial charge < -0.3 is 4.74 Å². The first-order chi connectivity index (χ1) is 13.0. The third kappa shape index (κ3) is 5.43. The summed E-state index contributed by atoms with van der Waals surface area (Å²) in [5.41, 5.74) is 0. The van der Waals surface area contributed by atoms with Gasteiger partial charge in [-0.3, -0.25) is 5.32 Å². The summed E-state index contributed by atoms with van der Waals surface area (Å²) in [4.78, 5) is 22.8. The van der Waals surface area contributed by atoms with E-state index in [2.05, 4.69) is 20.3 Å². The van der Waals surface area contributed by atoms with Gasteiger partial charge in [-0.15, -0.1) is 0 Å². The minimum absolute atomic E-state index is 0.108. The number of sulfonamides is 1. The maximum atomic E-state index is 12.6. The smallest absolute Gasteiger partial charge is 0.335 e. The Balaban J connectivity index is 2.29. The van der Waals surface area contributed by atoms with E-state index in [0.717, 1.165) is 12.1 Å². The zero-order valence-electron chi connectivity index (χ0n) is 15.3. The van der Waals surface area contributed by atoms with Crippen molar-refractivity contribution in [3.63, 3.8) is 0 Å². The first kappa shape index (κ1) is 21.7.